The standard InChI is InChI=1S/C12H17N7O5/c13-8-4-5(9(14)23)11(18-15)19(10(4)17-2-16-8)12-7(22)6(21)3(1-20)24-12/h2-3,6-7,12,18,20-22H,1,15H2,(H2,14,23)(H2,13,16,17)/t3-,6+,7-,12+/m0/s1. The van der Waals surface area contributed by atoms with Crippen molar-refractivity contribution in [2.75, 3.05) is 17.8 Å². The maximum absolute atomic E-state index is 11.9. The van der Waals surface area contributed by atoms with Gasteiger partial charge in [0.15, 0.2) is 6.23 Å². The molecule has 0 spiro atoms. The van der Waals surface area contributed by atoms with Crippen LogP contribution in [0.4, 0.5) is 11.6 Å². The molecule has 10 N–H and O–H groups in total. The van der Waals surface area contributed by atoms with Gasteiger partial charge < -0.3 is 36.9 Å². The first kappa shape index (κ1) is 16.4. The lowest BCUT2D eigenvalue weighted by Crippen LogP contribution is -2.33. The molecule has 2 aromatic heterocycles. The van der Waals surface area contributed by atoms with Crippen LogP contribution >= 0.6 is 0 Å². The number of anilines is 2. The monoisotopic (exact) mass is 339 g/mol. The fourth-order valence-electron chi connectivity index (χ4n) is 2.88. The number of nitrogen functional groups attached to an aromatic ring is 2. The summed E-state index contributed by atoms with van der Waals surface area (Å²) in [5, 5.41) is 29.6. The molecule has 2 aromatic rings. The molecular weight excluding hydrogens is 322 g/mol. The van der Waals surface area contributed by atoms with Crippen LogP contribution < -0.4 is 22.7 Å². The van der Waals surface area contributed by atoms with Crippen molar-refractivity contribution in [1.29, 1.82) is 0 Å². The van der Waals surface area contributed by atoms with Gasteiger partial charge in [-0.3, -0.25) is 9.36 Å². The summed E-state index contributed by atoms with van der Waals surface area (Å²) < 4.78 is 6.72. The first-order valence-electron chi connectivity index (χ1n) is 6.95. The van der Waals surface area contributed by atoms with Crippen molar-refractivity contribution in [3.05, 3.63) is 11.9 Å². The van der Waals surface area contributed by atoms with Gasteiger partial charge in [-0.25, -0.2) is 15.8 Å². The third kappa shape index (κ3) is 2.16. The Balaban J connectivity index is 2.29. The quantitative estimate of drug-likeness (QED) is 0.222. The van der Waals surface area contributed by atoms with Crippen molar-refractivity contribution in [1.82, 2.24) is 14.5 Å². The molecule has 0 unspecified atom stereocenters. The lowest BCUT2D eigenvalue weighted by Gasteiger charge is -2.20. The van der Waals surface area contributed by atoms with Gasteiger partial charge in [0.2, 0.25) is 0 Å². The number of nitrogens with one attached hydrogen (secondary N) is 1. The molecule has 0 aliphatic carbocycles. The number of fused-ring (bicyclic) bond motifs is 1. The molecule has 4 atom stereocenters. The molecule has 1 amide bonds. The molecule has 1 saturated heterocycles. The van der Waals surface area contributed by atoms with Crippen molar-refractivity contribution < 1.29 is 24.9 Å². The molecule has 1 aliphatic heterocycles. The minimum Gasteiger partial charge on any atom is -0.394 e. The van der Waals surface area contributed by atoms with E-state index < -0.39 is 37.1 Å². The molecule has 3 heterocycles. The Morgan fingerprint density at radius 2 is 2.08 bits per heavy atom. The number of aliphatic hydroxyl groups is 3. The van der Waals surface area contributed by atoms with Crippen molar-refractivity contribution in [3.8, 4) is 0 Å². The summed E-state index contributed by atoms with van der Waals surface area (Å²) in [6.07, 6.45) is -3.82. The Morgan fingerprint density at radius 3 is 2.62 bits per heavy atom. The zero-order valence-electron chi connectivity index (χ0n) is 12.3. The largest absolute Gasteiger partial charge is 0.394 e. The van der Waals surface area contributed by atoms with Gasteiger partial charge in [-0.15, -0.1) is 0 Å². The highest BCUT2D eigenvalue weighted by Gasteiger charge is 2.45. The predicted molar refractivity (Wildman–Crippen MR) is 81.3 cm³/mol. The van der Waals surface area contributed by atoms with Crippen LogP contribution in [-0.2, 0) is 4.74 Å². The number of hydrazine groups is 1. The molecule has 12 heteroatoms. The van der Waals surface area contributed by atoms with Crippen LogP contribution in [0.5, 0.6) is 0 Å². The smallest absolute Gasteiger partial charge is 0.253 e. The van der Waals surface area contributed by atoms with Crippen LogP contribution in [0.2, 0.25) is 0 Å². The Bertz CT molecular complexity index is 794. The van der Waals surface area contributed by atoms with E-state index in [4.69, 9.17) is 22.0 Å². The Kier molecular flexibility index (Phi) is 3.98. The highest BCUT2D eigenvalue weighted by atomic mass is 16.6. The minimum absolute atomic E-state index is 0.0143. The number of carbonyl (C=O) groups excluding carboxylic acids is 1. The molecule has 12 nitrogen and oxygen atoms in total. The van der Waals surface area contributed by atoms with Gasteiger partial charge in [0.25, 0.3) is 5.91 Å². The highest BCUT2D eigenvalue weighted by Crippen LogP contribution is 2.39. The van der Waals surface area contributed by atoms with E-state index in [0.29, 0.717) is 0 Å². The summed E-state index contributed by atoms with van der Waals surface area (Å²) in [6, 6.07) is 0. The molecule has 0 saturated carbocycles. The van der Waals surface area contributed by atoms with E-state index in [9.17, 15) is 20.1 Å². The molecule has 0 aromatic carbocycles. The molecule has 0 bridgehead atoms. The number of hydrogen-bond acceptors (Lipinski definition) is 10. The van der Waals surface area contributed by atoms with Crippen LogP contribution in [0.15, 0.2) is 6.33 Å². The summed E-state index contributed by atoms with van der Waals surface area (Å²) >= 11 is 0. The van der Waals surface area contributed by atoms with Gasteiger partial charge in [-0.2, -0.15) is 0 Å². The van der Waals surface area contributed by atoms with E-state index in [0.717, 1.165) is 6.33 Å². The van der Waals surface area contributed by atoms with Crippen LogP contribution in [0.1, 0.15) is 16.6 Å². The topological polar surface area (TPSA) is 208 Å². The van der Waals surface area contributed by atoms with Crippen molar-refractivity contribution in [3.63, 3.8) is 0 Å². The van der Waals surface area contributed by atoms with Crippen molar-refractivity contribution in [2.45, 2.75) is 24.5 Å². The summed E-state index contributed by atoms with van der Waals surface area (Å²) in [5.41, 5.74) is 13.6. The van der Waals surface area contributed by atoms with Crippen LogP contribution in [0, 0.1) is 0 Å². The molecule has 130 valence electrons. The number of nitrogens with two attached hydrogens (primary N) is 3. The summed E-state index contributed by atoms with van der Waals surface area (Å²) in [4.78, 5) is 19.7. The predicted octanol–water partition coefficient (Wildman–Crippen LogP) is -2.99. The molecule has 1 fully saturated rings. The summed E-state index contributed by atoms with van der Waals surface area (Å²) in [7, 11) is 0. The maximum atomic E-state index is 11.9. The average Bonchev–Trinajstić information content (AvgIpc) is 3.03. The molecule has 0 radical (unpaired) electrons. The van der Waals surface area contributed by atoms with E-state index in [-0.39, 0.29) is 28.2 Å². The van der Waals surface area contributed by atoms with Crippen molar-refractivity contribution in [2.24, 2.45) is 11.6 Å². The fraction of sp³-hybridized carbons (Fsp3) is 0.417. The van der Waals surface area contributed by atoms with Gasteiger partial charge in [0.1, 0.15) is 41.9 Å². The number of primary amides is 1. The van der Waals surface area contributed by atoms with Crippen LogP contribution in [0.25, 0.3) is 11.0 Å². The zero-order valence-corrected chi connectivity index (χ0v) is 12.3. The average molecular weight is 339 g/mol. The van der Waals surface area contributed by atoms with Gasteiger partial charge in [0.05, 0.1) is 17.6 Å². The maximum Gasteiger partial charge on any atom is 0.253 e. The van der Waals surface area contributed by atoms with Gasteiger partial charge >= 0.3 is 0 Å². The molecule has 1 aliphatic rings. The third-order valence-electron chi connectivity index (χ3n) is 3.97. The van der Waals surface area contributed by atoms with E-state index in [1.54, 1.807) is 0 Å². The Morgan fingerprint density at radius 1 is 1.38 bits per heavy atom. The SMILES string of the molecule is NNc1c(C(N)=O)c2c(N)ncnc2n1[C@@H]1O[C@@H](CO)[C@@H](O)[C@@H]1O. The Labute approximate surface area is 134 Å². The number of amides is 1. The second-order valence-corrected chi connectivity index (χ2v) is 5.29. The van der Waals surface area contributed by atoms with E-state index in [1.165, 1.54) is 4.57 Å². The van der Waals surface area contributed by atoms with Crippen LogP contribution in [-0.4, -0.2) is 60.7 Å². The number of hydrogen-bond donors (Lipinski definition) is 7. The Hall–Kier alpha value is -2.51. The number of aromatic nitrogens is 3. The fourth-order valence-corrected chi connectivity index (χ4v) is 2.88. The van der Waals surface area contributed by atoms with E-state index >= 15 is 0 Å². The molecule has 3 rings (SSSR count). The second kappa shape index (κ2) is 5.85. The number of aliphatic hydroxyl groups excluding tert-OH is 3. The van der Waals surface area contributed by atoms with Crippen LogP contribution in [0.3, 0.4) is 0 Å². The summed E-state index contributed by atoms with van der Waals surface area (Å²) in [5.74, 6) is 4.62. The van der Waals surface area contributed by atoms with Crippen molar-refractivity contribution >= 4 is 28.6 Å². The molecular formula is C12H17N7O5. The van der Waals surface area contributed by atoms with Gasteiger partial charge in [-0.1, -0.05) is 0 Å². The number of ether oxygens (including phenoxy) is 1. The second-order valence-electron chi connectivity index (χ2n) is 5.29. The normalized spacial score (nSPS) is 26.8. The summed E-state index contributed by atoms with van der Waals surface area (Å²) in [6.45, 7) is -0.515. The number of nitrogens with zero attached hydrogens (tertiary/aromatic N) is 3. The lowest BCUT2D eigenvalue weighted by molar-refractivity contribution is -0.0499. The third-order valence-corrected chi connectivity index (χ3v) is 3.97. The highest BCUT2D eigenvalue weighted by molar-refractivity contribution is 6.13. The van der Waals surface area contributed by atoms with E-state index in [1.807, 2.05) is 0 Å². The number of rotatable bonds is 4. The molecule has 24 heavy (non-hydrogen) atoms. The first-order chi connectivity index (χ1) is 11.4. The first-order valence-corrected chi connectivity index (χ1v) is 6.95. The zero-order chi connectivity index (χ0) is 17.6. The van der Waals surface area contributed by atoms with Gasteiger partial charge in [0, 0.05) is 0 Å². The lowest BCUT2D eigenvalue weighted by atomic mass is 10.1. The van der Waals surface area contributed by atoms with E-state index in [2.05, 4.69) is 15.4 Å². The number of carbonyl (C=O) groups is 1. The minimum atomic E-state index is -1.42. The van der Waals surface area contributed by atoms with Gasteiger partial charge in [-0.05, 0) is 0 Å².